The molecule has 0 aliphatic rings. The molecule has 1 amide bonds. The van der Waals surface area contributed by atoms with E-state index in [1.165, 1.54) is 0 Å². The van der Waals surface area contributed by atoms with Crippen LogP contribution in [-0.4, -0.2) is 20.9 Å². The average Bonchev–Trinajstić information content (AvgIpc) is 3.09. The smallest absolute Gasteiger partial charge is 0.251 e. The average molecular weight is 371 g/mol. The Labute approximate surface area is 142 Å². The van der Waals surface area contributed by atoms with Crippen LogP contribution in [-0.2, 0) is 6.54 Å². The summed E-state index contributed by atoms with van der Waals surface area (Å²) in [5, 5.41) is 11.3. The van der Waals surface area contributed by atoms with Gasteiger partial charge in [-0.3, -0.25) is 4.79 Å². The zero-order chi connectivity index (χ0) is 16.1. The maximum atomic E-state index is 12.5. The molecule has 0 saturated heterocycles. The third kappa shape index (κ3) is 4.04. The Morgan fingerprint density at radius 1 is 1.04 bits per heavy atom. The molecule has 0 aliphatic carbocycles. The molecule has 0 spiro atoms. The predicted molar refractivity (Wildman–Crippen MR) is 90.8 cm³/mol. The molecule has 2 aromatic carbocycles. The summed E-state index contributed by atoms with van der Waals surface area (Å²) in [7, 11) is 0. The summed E-state index contributed by atoms with van der Waals surface area (Å²) in [6.45, 7) is 0.472. The van der Waals surface area contributed by atoms with E-state index in [4.69, 9.17) is 0 Å². The number of carbonyl (C=O) groups excluding carboxylic acids is 1. The van der Waals surface area contributed by atoms with Gasteiger partial charge in [0.15, 0.2) is 0 Å². The molecule has 0 saturated carbocycles. The number of hydrogen-bond acceptors (Lipinski definition) is 3. The van der Waals surface area contributed by atoms with E-state index in [0.29, 0.717) is 12.1 Å². The van der Waals surface area contributed by atoms with E-state index in [2.05, 4.69) is 31.4 Å². The Bertz CT molecular complexity index is 757. The van der Waals surface area contributed by atoms with Crippen LogP contribution in [0.25, 0.3) is 0 Å². The molecule has 5 nitrogen and oxygen atoms in total. The first-order valence-corrected chi connectivity index (χ1v) is 7.97. The number of hydrogen-bond donors (Lipinski definition) is 1. The van der Waals surface area contributed by atoms with Crippen molar-refractivity contribution in [3.8, 4) is 0 Å². The van der Waals surface area contributed by atoms with Crippen LogP contribution in [0.15, 0.2) is 71.5 Å². The number of amides is 1. The highest BCUT2D eigenvalue weighted by molar-refractivity contribution is 9.10. The minimum atomic E-state index is -0.209. The first-order chi connectivity index (χ1) is 11.2. The van der Waals surface area contributed by atoms with Crippen LogP contribution in [0.5, 0.6) is 0 Å². The van der Waals surface area contributed by atoms with Gasteiger partial charge in [-0.2, -0.15) is 15.0 Å². The molecule has 3 rings (SSSR count). The number of halogens is 1. The molecule has 0 radical (unpaired) electrons. The second-order valence-electron chi connectivity index (χ2n) is 5.03. The molecule has 1 N–H and O–H groups in total. The molecule has 3 aromatic rings. The number of nitrogens with one attached hydrogen (secondary N) is 1. The van der Waals surface area contributed by atoms with Gasteiger partial charge in [0.2, 0.25) is 0 Å². The number of nitrogens with zero attached hydrogens (tertiary/aromatic N) is 3. The maximum absolute atomic E-state index is 12.5. The molecular formula is C17H15BrN4O. The largest absolute Gasteiger partial charge is 0.343 e. The first kappa shape index (κ1) is 15.4. The molecule has 1 heterocycles. The van der Waals surface area contributed by atoms with Crippen LogP contribution >= 0.6 is 15.9 Å². The highest BCUT2D eigenvalue weighted by atomic mass is 79.9. The Hall–Kier alpha value is -2.47. The summed E-state index contributed by atoms with van der Waals surface area (Å²) in [6, 6.07) is 16.9. The fourth-order valence-electron chi connectivity index (χ4n) is 2.26. The Morgan fingerprint density at radius 3 is 2.35 bits per heavy atom. The summed E-state index contributed by atoms with van der Waals surface area (Å²) in [6.07, 6.45) is 3.25. The predicted octanol–water partition coefficient (Wildman–Crippen LogP) is 3.21. The second kappa shape index (κ2) is 7.19. The number of benzene rings is 2. The monoisotopic (exact) mass is 370 g/mol. The van der Waals surface area contributed by atoms with E-state index in [0.717, 1.165) is 10.0 Å². The van der Waals surface area contributed by atoms with Gasteiger partial charge < -0.3 is 5.32 Å². The summed E-state index contributed by atoms with van der Waals surface area (Å²) >= 11 is 3.37. The van der Waals surface area contributed by atoms with Crippen molar-refractivity contribution in [1.82, 2.24) is 20.3 Å². The highest BCUT2D eigenvalue weighted by Gasteiger charge is 2.17. The van der Waals surface area contributed by atoms with Gasteiger partial charge in [-0.1, -0.05) is 46.3 Å². The molecule has 0 fully saturated rings. The van der Waals surface area contributed by atoms with Crippen molar-refractivity contribution in [2.75, 3.05) is 0 Å². The van der Waals surface area contributed by atoms with Gasteiger partial charge in [-0.05, 0) is 29.8 Å². The Balaban J connectivity index is 1.80. The summed E-state index contributed by atoms with van der Waals surface area (Å²) < 4.78 is 0.939. The zero-order valence-electron chi connectivity index (χ0n) is 12.3. The lowest BCUT2D eigenvalue weighted by atomic mass is 10.1. The lowest BCUT2D eigenvalue weighted by molar-refractivity contribution is 0.0931. The third-order valence-electron chi connectivity index (χ3n) is 3.43. The summed E-state index contributed by atoms with van der Waals surface area (Å²) in [5.41, 5.74) is 1.62. The molecule has 0 aliphatic heterocycles. The summed E-state index contributed by atoms with van der Waals surface area (Å²) in [5.74, 6) is -0.126. The standard InChI is InChI=1S/C17H15BrN4O/c18-15-8-6-14(7-9-15)17(23)21-16(12-22-19-10-11-20-22)13-4-2-1-3-5-13/h1-11,16H,12H2,(H,21,23). The van der Waals surface area contributed by atoms with Crippen LogP contribution in [0.3, 0.4) is 0 Å². The van der Waals surface area contributed by atoms with Gasteiger partial charge in [-0.25, -0.2) is 0 Å². The molecule has 1 unspecified atom stereocenters. The maximum Gasteiger partial charge on any atom is 0.251 e. The van der Waals surface area contributed by atoms with Gasteiger partial charge in [0, 0.05) is 10.0 Å². The van der Waals surface area contributed by atoms with Gasteiger partial charge in [-0.15, -0.1) is 0 Å². The normalized spacial score (nSPS) is 11.9. The lowest BCUT2D eigenvalue weighted by Crippen LogP contribution is -2.32. The molecule has 0 bridgehead atoms. The lowest BCUT2D eigenvalue weighted by Gasteiger charge is -2.19. The van der Waals surface area contributed by atoms with Crippen molar-refractivity contribution in [2.45, 2.75) is 12.6 Å². The molecular weight excluding hydrogens is 356 g/mol. The van der Waals surface area contributed by atoms with Crippen LogP contribution in [0, 0.1) is 0 Å². The van der Waals surface area contributed by atoms with Gasteiger partial charge >= 0.3 is 0 Å². The highest BCUT2D eigenvalue weighted by Crippen LogP contribution is 2.16. The number of aromatic nitrogens is 3. The van der Waals surface area contributed by atoms with E-state index in [1.807, 2.05) is 42.5 Å². The van der Waals surface area contributed by atoms with Gasteiger partial charge in [0.05, 0.1) is 25.0 Å². The van der Waals surface area contributed by atoms with Crippen LogP contribution in [0.4, 0.5) is 0 Å². The fraction of sp³-hybridized carbons (Fsp3) is 0.118. The van der Waals surface area contributed by atoms with Crippen molar-refractivity contribution in [3.63, 3.8) is 0 Å². The van der Waals surface area contributed by atoms with Crippen molar-refractivity contribution in [3.05, 3.63) is 82.6 Å². The van der Waals surface area contributed by atoms with Crippen molar-refractivity contribution < 1.29 is 4.79 Å². The molecule has 1 aromatic heterocycles. The fourth-order valence-corrected chi connectivity index (χ4v) is 2.53. The van der Waals surface area contributed by atoms with Gasteiger partial charge in [0.25, 0.3) is 5.91 Å². The topological polar surface area (TPSA) is 59.8 Å². The Morgan fingerprint density at radius 2 is 1.70 bits per heavy atom. The summed E-state index contributed by atoms with van der Waals surface area (Å²) in [4.78, 5) is 14.1. The molecule has 116 valence electrons. The minimum absolute atomic E-state index is 0.126. The number of carbonyl (C=O) groups is 1. The SMILES string of the molecule is O=C(NC(Cn1nccn1)c1ccccc1)c1ccc(Br)cc1. The van der Waals surface area contributed by atoms with E-state index in [-0.39, 0.29) is 11.9 Å². The van der Waals surface area contributed by atoms with E-state index in [9.17, 15) is 4.79 Å². The Kier molecular flexibility index (Phi) is 4.83. The van der Waals surface area contributed by atoms with E-state index < -0.39 is 0 Å². The minimum Gasteiger partial charge on any atom is -0.343 e. The van der Waals surface area contributed by atoms with E-state index >= 15 is 0 Å². The zero-order valence-corrected chi connectivity index (χ0v) is 13.8. The van der Waals surface area contributed by atoms with Crippen LogP contribution < -0.4 is 5.32 Å². The molecule has 6 heteroatoms. The van der Waals surface area contributed by atoms with Crippen LogP contribution in [0.2, 0.25) is 0 Å². The van der Waals surface area contributed by atoms with Crippen molar-refractivity contribution in [1.29, 1.82) is 0 Å². The van der Waals surface area contributed by atoms with Crippen LogP contribution in [0.1, 0.15) is 22.0 Å². The van der Waals surface area contributed by atoms with Crippen molar-refractivity contribution >= 4 is 21.8 Å². The number of rotatable bonds is 5. The van der Waals surface area contributed by atoms with E-state index in [1.54, 1.807) is 29.3 Å². The molecule has 23 heavy (non-hydrogen) atoms. The second-order valence-corrected chi connectivity index (χ2v) is 5.94. The van der Waals surface area contributed by atoms with Gasteiger partial charge in [0.1, 0.15) is 0 Å². The van der Waals surface area contributed by atoms with Crippen molar-refractivity contribution in [2.24, 2.45) is 0 Å². The first-order valence-electron chi connectivity index (χ1n) is 7.18. The molecule has 1 atom stereocenters. The third-order valence-corrected chi connectivity index (χ3v) is 3.95. The quantitative estimate of drug-likeness (QED) is 0.749.